The lowest BCUT2D eigenvalue weighted by Gasteiger charge is -2.13. The van der Waals surface area contributed by atoms with Crippen LogP contribution in [0.1, 0.15) is 29.4 Å². The molecular formula is C21H22N2O4S. The number of nitrogens with zero attached hydrogens (tertiary/aromatic N) is 1. The molecule has 7 heteroatoms. The zero-order valence-electron chi connectivity index (χ0n) is 16.0. The maximum Gasteiger partial charge on any atom is 0.238 e. The summed E-state index contributed by atoms with van der Waals surface area (Å²) >= 11 is 0. The van der Waals surface area contributed by atoms with E-state index in [1.165, 1.54) is 12.1 Å². The fourth-order valence-corrected chi connectivity index (χ4v) is 3.69. The van der Waals surface area contributed by atoms with E-state index in [9.17, 15) is 13.2 Å². The van der Waals surface area contributed by atoms with Gasteiger partial charge in [-0.15, -0.1) is 0 Å². The number of rotatable bonds is 6. The Morgan fingerprint density at radius 3 is 2.18 bits per heavy atom. The first-order valence-corrected chi connectivity index (χ1v) is 10.3. The largest absolute Gasteiger partial charge is 0.497 e. The van der Waals surface area contributed by atoms with Crippen molar-refractivity contribution in [3.05, 3.63) is 65.9 Å². The molecule has 0 saturated carbocycles. The van der Waals surface area contributed by atoms with Crippen LogP contribution >= 0.6 is 0 Å². The van der Waals surface area contributed by atoms with Crippen LogP contribution in [0.25, 0.3) is 16.9 Å². The Hall–Kier alpha value is -2.90. The third kappa shape index (κ3) is 3.72. The molecule has 0 unspecified atom stereocenters. The smallest absolute Gasteiger partial charge is 0.238 e. The lowest BCUT2D eigenvalue weighted by Crippen LogP contribution is -2.12. The SMILES string of the molecule is CCC(=O)c1cc(-c2ccc(OC)cc2)n(-c2ccc(S(N)(=O)=O)cc2)c1C. The van der Waals surface area contributed by atoms with Crippen LogP contribution < -0.4 is 9.88 Å². The normalized spacial score (nSPS) is 11.4. The molecule has 2 aromatic carbocycles. The van der Waals surface area contributed by atoms with E-state index in [0.717, 1.165) is 28.4 Å². The molecule has 0 amide bonds. The molecule has 0 aliphatic carbocycles. The fraction of sp³-hybridized carbons (Fsp3) is 0.190. The summed E-state index contributed by atoms with van der Waals surface area (Å²) < 4.78 is 30.2. The monoisotopic (exact) mass is 398 g/mol. The lowest BCUT2D eigenvalue weighted by molar-refractivity contribution is 0.0987. The molecule has 0 spiro atoms. The van der Waals surface area contributed by atoms with Crippen LogP contribution in [-0.4, -0.2) is 25.9 Å². The van der Waals surface area contributed by atoms with Gasteiger partial charge in [0.2, 0.25) is 10.0 Å². The number of carbonyl (C=O) groups is 1. The van der Waals surface area contributed by atoms with Gasteiger partial charge in [-0.3, -0.25) is 4.79 Å². The Labute approximate surface area is 164 Å². The minimum absolute atomic E-state index is 0.0388. The summed E-state index contributed by atoms with van der Waals surface area (Å²) in [5.41, 5.74) is 3.92. The van der Waals surface area contributed by atoms with Gasteiger partial charge in [-0.2, -0.15) is 0 Å². The summed E-state index contributed by atoms with van der Waals surface area (Å²) in [5, 5.41) is 5.19. The molecule has 28 heavy (non-hydrogen) atoms. The Morgan fingerprint density at radius 2 is 1.68 bits per heavy atom. The van der Waals surface area contributed by atoms with Crippen LogP contribution in [0.15, 0.2) is 59.5 Å². The first-order chi connectivity index (χ1) is 13.3. The van der Waals surface area contributed by atoms with E-state index >= 15 is 0 Å². The van der Waals surface area contributed by atoms with Crippen molar-refractivity contribution in [3.8, 4) is 22.7 Å². The molecule has 0 radical (unpaired) electrons. The molecule has 0 bridgehead atoms. The maximum atomic E-state index is 12.4. The number of ether oxygens (including phenoxy) is 1. The molecule has 0 atom stereocenters. The predicted octanol–water partition coefficient (Wildman–Crippen LogP) is 3.70. The van der Waals surface area contributed by atoms with E-state index in [-0.39, 0.29) is 10.7 Å². The summed E-state index contributed by atoms with van der Waals surface area (Å²) in [7, 11) is -2.17. The summed E-state index contributed by atoms with van der Waals surface area (Å²) in [6, 6.07) is 15.7. The number of sulfonamides is 1. The average molecular weight is 398 g/mol. The number of hydrogen-bond acceptors (Lipinski definition) is 4. The molecule has 0 aliphatic rings. The van der Waals surface area contributed by atoms with Crippen LogP contribution in [0.4, 0.5) is 0 Å². The van der Waals surface area contributed by atoms with Crippen molar-refractivity contribution in [2.75, 3.05) is 7.11 Å². The van der Waals surface area contributed by atoms with Crippen molar-refractivity contribution >= 4 is 15.8 Å². The van der Waals surface area contributed by atoms with E-state index in [1.807, 2.05) is 48.7 Å². The molecule has 2 N–H and O–H groups in total. The molecule has 146 valence electrons. The minimum Gasteiger partial charge on any atom is -0.497 e. The molecule has 0 aliphatic heterocycles. The van der Waals surface area contributed by atoms with E-state index in [2.05, 4.69) is 0 Å². The molecule has 0 saturated heterocycles. The second-order valence-corrected chi connectivity index (χ2v) is 7.97. The minimum atomic E-state index is -3.77. The quantitative estimate of drug-likeness (QED) is 0.641. The van der Waals surface area contributed by atoms with Gasteiger partial charge in [-0.25, -0.2) is 13.6 Å². The van der Waals surface area contributed by atoms with Gasteiger partial charge in [-0.1, -0.05) is 6.92 Å². The average Bonchev–Trinajstić information content (AvgIpc) is 3.04. The standard InChI is InChI=1S/C21H22N2O4S/c1-4-21(24)19-13-20(15-5-9-17(27-3)10-6-15)23(14(19)2)16-7-11-18(12-8-16)28(22,25)26/h5-13H,4H2,1-3H3,(H2,22,25,26). The van der Waals surface area contributed by atoms with E-state index < -0.39 is 10.0 Å². The van der Waals surface area contributed by atoms with Gasteiger partial charge in [0.25, 0.3) is 0 Å². The van der Waals surface area contributed by atoms with E-state index in [4.69, 9.17) is 9.88 Å². The number of nitrogens with two attached hydrogens (primary N) is 1. The van der Waals surface area contributed by atoms with Crippen LogP contribution in [-0.2, 0) is 10.0 Å². The zero-order valence-corrected chi connectivity index (χ0v) is 16.8. The van der Waals surface area contributed by atoms with Gasteiger partial charge in [0, 0.05) is 23.4 Å². The molecule has 3 rings (SSSR count). The number of hydrogen-bond donors (Lipinski definition) is 1. The molecule has 6 nitrogen and oxygen atoms in total. The van der Waals surface area contributed by atoms with Crippen molar-refractivity contribution < 1.29 is 17.9 Å². The number of carbonyl (C=O) groups excluding carboxylic acids is 1. The van der Waals surface area contributed by atoms with Crippen LogP contribution in [0.3, 0.4) is 0 Å². The molecular weight excluding hydrogens is 376 g/mol. The van der Waals surface area contributed by atoms with Gasteiger partial charge in [0.1, 0.15) is 5.75 Å². The summed E-state index contributed by atoms with van der Waals surface area (Å²) in [6.07, 6.45) is 0.400. The maximum absolute atomic E-state index is 12.4. The van der Waals surface area contributed by atoms with Crippen LogP contribution in [0.5, 0.6) is 5.75 Å². The van der Waals surface area contributed by atoms with Crippen molar-refractivity contribution in [3.63, 3.8) is 0 Å². The van der Waals surface area contributed by atoms with E-state index in [1.54, 1.807) is 19.2 Å². The highest BCUT2D eigenvalue weighted by Gasteiger charge is 2.19. The number of benzene rings is 2. The Bertz CT molecular complexity index is 1110. The van der Waals surface area contributed by atoms with Crippen molar-refractivity contribution in [1.29, 1.82) is 0 Å². The number of primary sulfonamides is 1. The zero-order chi connectivity index (χ0) is 20.5. The van der Waals surface area contributed by atoms with Gasteiger partial charge < -0.3 is 9.30 Å². The number of Topliss-reactive ketones (excluding diaryl/α,β-unsaturated/α-hetero) is 1. The third-order valence-corrected chi connectivity index (χ3v) is 5.61. The topological polar surface area (TPSA) is 91.4 Å². The summed E-state index contributed by atoms with van der Waals surface area (Å²) in [5.74, 6) is 0.785. The van der Waals surface area contributed by atoms with Crippen LogP contribution in [0, 0.1) is 6.92 Å². The highest BCUT2D eigenvalue weighted by atomic mass is 32.2. The van der Waals surface area contributed by atoms with Gasteiger partial charge >= 0.3 is 0 Å². The Balaban J connectivity index is 2.20. The number of methoxy groups -OCH3 is 1. The van der Waals surface area contributed by atoms with Crippen LogP contribution in [0.2, 0.25) is 0 Å². The Morgan fingerprint density at radius 1 is 1.07 bits per heavy atom. The predicted molar refractivity (Wildman–Crippen MR) is 108 cm³/mol. The second-order valence-electron chi connectivity index (χ2n) is 6.41. The van der Waals surface area contributed by atoms with Crippen molar-refractivity contribution in [2.45, 2.75) is 25.2 Å². The lowest BCUT2D eigenvalue weighted by atomic mass is 10.1. The van der Waals surface area contributed by atoms with Crippen molar-refractivity contribution in [2.24, 2.45) is 5.14 Å². The molecule has 1 heterocycles. The Kier molecular flexibility index (Phi) is 5.40. The fourth-order valence-electron chi connectivity index (χ4n) is 3.17. The van der Waals surface area contributed by atoms with Gasteiger partial charge in [0.05, 0.1) is 17.7 Å². The van der Waals surface area contributed by atoms with Gasteiger partial charge in [0.15, 0.2) is 5.78 Å². The molecule has 0 fully saturated rings. The highest BCUT2D eigenvalue weighted by Crippen LogP contribution is 2.31. The third-order valence-electron chi connectivity index (χ3n) is 4.68. The van der Waals surface area contributed by atoms with Gasteiger partial charge in [-0.05, 0) is 67.1 Å². The van der Waals surface area contributed by atoms with E-state index in [0.29, 0.717) is 12.0 Å². The van der Waals surface area contributed by atoms with Crippen molar-refractivity contribution in [1.82, 2.24) is 4.57 Å². The molecule has 1 aromatic heterocycles. The molecule has 3 aromatic rings. The number of ketones is 1. The second kappa shape index (κ2) is 7.61. The summed E-state index contributed by atoms with van der Waals surface area (Å²) in [6.45, 7) is 3.70. The first-order valence-electron chi connectivity index (χ1n) is 8.79. The highest BCUT2D eigenvalue weighted by molar-refractivity contribution is 7.89. The summed E-state index contributed by atoms with van der Waals surface area (Å²) in [4.78, 5) is 12.5. The first kappa shape index (κ1) is 19.9. The number of aromatic nitrogens is 1.